The van der Waals surface area contributed by atoms with Crippen molar-refractivity contribution in [1.29, 1.82) is 0 Å². The summed E-state index contributed by atoms with van der Waals surface area (Å²) in [7, 11) is 0. The van der Waals surface area contributed by atoms with Crippen LogP contribution in [0.2, 0.25) is 0 Å². The molecule has 6 unspecified atom stereocenters. The van der Waals surface area contributed by atoms with Crippen LogP contribution in [-0.4, -0.2) is 28.5 Å². The Morgan fingerprint density at radius 3 is 2.02 bits per heavy atom. The molecule has 6 aromatic rings. The number of allylic oxidation sites excluding steroid dienone is 4. The summed E-state index contributed by atoms with van der Waals surface area (Å²) in [6.07, 6.45) is 3.92. The van der Waals surface area contributed by atoms with Gasteiger partial charge in [-0.2, -0.15) is 0 Å². The predicted octanol–water partition coefficient (Wildman–Crippen LogP) is 9.74. The van der Waals surface area contributed by atoms with Crippen molar-refractivity contribution in [2.75, 3.05) is 10.2 Å². The molecule has 1 aliphatic heterocycles. The number of fused-ring (bicyclic) bond motifs is 4. The maximum Gasteiger partial charge on any atom is 0.238 e. The molecule has 0 aromatic heterocycles. The van der Waals surface area contributed by atoms with Gasteiger partial charge in [-0.1, -0.05) is 127 Å². The minimum atomic E-state index is -1.47. The van der Waals surface area contributed by atoms with E-state index in [0.717, 1.165) is 22.5 Å². The SMILES string of the molecule is O=C1C(c2ccccc2)=CC(=O)C2(c3ccccc3)C1CC1C(=CCC3C(=O)N(c4ccc(Nc5ccccc5)cc4)C(=O)C31)C2c1ccc(OCc2ccccc2)cc1O. The second-order valence-corrected chi connectivity index (χ2v) is 16.3. The van der Waals surface area contributed by atoms with E-state index in [1.165, 1.54) is 11.0 Å². The number of imide groups is 1. The maximum absolute atomic E-state index is 15.4. The van der Waals surface area contributed by atoms with Gasteiger partial charge in [0.25, 0.3) is 0 Å². The zero-order valence-corrected chi connectivity index (χ0v) is 33.2. The number of benzene rings is 6. The normalized spacial score (nSPS) is 24.3. The fourth-order valence-electron chi connectivity index (χ4n) is 10.5. The maximum atomic E-state index is 15.4. The molecule has 1 heterocycles. The Hall–Kier alpha value is -7.32. The summed E-state index contributed by atoms with van der Waals surface area (Å²) in [5, 5.41) is 15.5. The fourth-order valence-corrected chi connectivity index (χ4v) is 10.5. The van der Waals surface area contributed by atoms with E-state index in [1.54, 1.807) is 30.3 Å². The number of hydrogen-bond acceptors (Lipinski definition) is 7. The van der Waals surface area contributed by atoms with E-state index in [1.807, 2.05) is 140 Å². The molecule has 1 saturated heterocycles. The highest BCUT2D eigenvalue weighted by atomic mass is 16.5. The number of Topliss-reactive ketones (excluding diaryl/α,β-unsaturated/α-hetero) is 1. The van der Waals surface area contributed by atoms with Crippen molar-refractivity contribution in [1.82, 2.24) is 0 Å². The highest BCUT2D eigenvalue weighted by Gasteiger charge is 2.66. The summed E-state index contributed by atoms with van der Waals surface area (Å²) < 4.78 is 6.12. The molecule has 0 bridgehead atoms. The first-order valence-corrected chi connectivity index (χ1v) is 20.7. The Morgan fingerprint density at radius 1 is 0.689 bits per heavy atom. The minimum Gasteiger partial charge on any atom is -0.508 e. The molecule has 10 rings (SSSR count). The Balaban J connectivity index is 1.08. The van der Waals surface area contributed by atoms with Crippen LogP contribution in [0.5, 0.6) is 11.5 Å². The average molecular weight is 803 g/mol. The Kier molecular flexibility index (Phi) is 9.55. The van der Waals surface area contributed by atoms with Gasteiger partial charge in [-0.05, 0) is 84.0 Å². The third-order valence-electron chi connectivity index (χ3n) is 13.1. The van der Waals surface area contributed by atoms with Crippen LogP contribution < -0.4 is 15.0 Å². The van der Waals surface area contributed by atoms with Crippen molar-refractivity contribution in [3.05, 3.63) is 204 Å². The zero-order valence-electron chi connectivity index (χ0n) is 33.2. The molecule has 2 amide bonds. The van der Waals surface area contributed by atoms with Gasteiger partial charge < -0.3 is 15.2 Å². The molecule has 3 aliphatic carbocycles. The Morgan fingerprint density at radius 2 is 1.33 bits per heavy atom. The molecule has 2 N–H and O–H groups in total. The van der Waals surface area contributed by atoms with E-state index < -0.39 is 35.0 Å². The summed E-state index contributed by atoms with van der Waals surface area (Å²) in [4.78, 5) is 61.3. The van der Waals surface area contributed by atoms with Gasteiger partial charge in [-0.3, -0.25) is 24.1 Å². The van der Waals surface area contributed by atoms with Crippen molar-refractivity contribution in [2.45, 2.75) is 30.8 Å². The van der Waals surface area contributed by atoms with E-state index >= 15 is 9.59 Å². The number of anilines is 3. The van der Waals surface area contributed by atoms with Crippen LogP contribution in [0.15, 0.2) is 182 Å². The van der Waals surface area contributed by atoms with Gasteiger partial charge in [0.15, 0.2) is 11.6 Å². The summed E-state index contributed by atoms with van der Waals surface area (Å²) >= 11 is 0. The molecule has 1 saturated carbocycles. The van der Waals surface area contributed by atoms with Crippen LogP contribution in [0.1, 0.15) is 41.0 Å². The van der Waals surface area contributed by atoms with Gasteiger partial charge in [0.2, 0.25) is 11.8 Å². The van der Waals surface area contributed by atoms with Gasteiger partial charge in [-0.15, -0.1) is 0 Å². The fraction of sp³-hybridized carbons (Fsp3) is 0.170. The zero-order chi connectivity index (χ0) is 41.7. The van der Waals surface area contributed by atoms with Crippen LogP contribution in [0, 0.1) is 23.7 Å². The number of para-hydroxylation sites is 1. The number of carbonyl (C=O) groups excluding carboxylic acids is 4. The van der Waals surface area contributed by atoms with Gasteiger partial charge in [0.1, 0.15) is 18.1 Å². The molecule has 8 nitrogen and oxygen atoms in total. The quantitative estimate of drug-likeness (QED) is 0.111. The molecule has 6 aromatic carbocycles. The first kappa shape index (κ1) is 37.9. The van der Waals surface area contributed by atoms with E-state index in [0.29, 0.717) is 33.7 Å². The molecular formula is C53H42N2O6. The number of nitrogens with zero attached hydrogens (tertiary/aromatic N) is 1. The molecule has 6 atom stereocenters. The number of phenols is 1. The standard InChI is InChI=1S/C53H42N2O6/c56-46-29-39(61-32-33-13-5-1-6-14-33)25-26-41(46)49-40-27-28-42-48(52(60)55(51(42)59)38-23-21-37(22-24-38)54-36-19-11-4-12-20-36)44(40)30-45-50(58)43(34-15-7-2-8-16-34)31-47(57)53(45,49)35-17-9-3-10-18-35/h1-27,29,31,42,44-45,48-49,54,56H,28,30,32H2. The second kappa shape index (κ2) is 15.4. The third kappa shape index (κ3) is 6.38. The molecule has 2 fully saturated rings. The van der Waals surface area contributed by atoms with Crippen molar-refractivity contribution < 1.29 is 29.0 Å². The van der Waals surface area contributed by atoms with Crippen LogP contribution in [0.4, 0.5) is 17.1 Å². The number of amides is 2. The minimum absolute atomic E-state index is 0.0916. The monoisotopic (exact) mass is 802 g/mol. The van der Waals surface area contributed by atoms with E-state index in [2.05, 4.69) is 5.32 Å². The molecule has 8 heteroatoms. The average Bonchev–Trinajstić information content (AvgIpc) is 3.56. The highest BCUT2D eigenvalue weighted by molar-refractivity contribution is 6.32. The van der Waals surface area contributed by atoms with Crippen molar-refractivity contribution in [3.8, 4) is 11.5 Å². The number of nitrogens with one attached hydrogen (secondary N) is 1. The first-order valence-electron chi connectivity index (χ1n) is 20.7. The lowest BCUT2D eigenvalue weighted by molar-refractivity contribution is -0.135. The van der Waals surface area contributed by atoms with Crippen molar-refractivity contribution in [2.24, 2.45) is 23.7 Å². The van der Waals surface area contributed by atoms with Crippen LogP contribution in [-0.2, 0) is 31.2 Å². The summed E-state index contributed by atoms with van der Waals surface area (Å²) in [6, 6.07) is 50.4. The topological polar surface area (TPSA) is 113 Å². The van der Waals surface area contributed by atoms with Crippen molar-refractivity contribution in [3.63, 3.8) is 0 Å². The number of ketones is 2. The second-order valence-electron chi connectivity index (χ2n) is 16.3. The number of aromatic hydroxyl groups is 1. The number of hydrogen-bond donors (Lipinski definition) is 2. The first-order chi connectivity index (χ1) is 29.8. The van der Waals surface area contributed by atoms with Crippen LogP contribution in [0.3, 0.4) is 0 Å². The third-order valence-corrected chi connectivity index (χ3v) is 13.1. The number of carbonyl (C=O) groups is 4. The lowest BCUT2D eigenvalue weighted by Gasteiger charge is -2.55. The lowest BCUT2D eigenvalue weighted by atomic mass is 9.44. The molecule has 0 radical (unpaired) electrons. The van der Waals surface area contributed by atoms with Crippen LogP contribution >= 0.6 is 0 Å². The van der Waals surface area contributed by atoms with Gasteiger partial charge in [-0.25, -0.2) is 0 Å². The van der Waals surface area contributed by atoms with Gasteiger partial charge in [0.05, 0.1) is 22.9 Å². The van der Waals surface area contributed by atoms with E-state index in [-0.39, 0.29) is 48.6 Å². The number of ether oxygens (including phenoxy) is 1. The van der Waals surface area contributed by atoms with Gasteiger partial charge >= 0.3 is 0 Å². The van der Waals surface area contributed by atoms with Gasteiger partial charge in [0, 0.05) is 40.4 Å². The number of phenolic OH excluding ortho intramolecular Hbond substituents is 1. The molecule has 61 heavy (non-hydrogen) atoms. The molecular weight excluding hydrogens is 761 g/mol. The molecule has 300 valence electrons. The number of rotatable bonds is 9. The smallest absolute Gasteiger partial charge is 0.238 e. The molecule has 0 spiro atoms. The van der Waals surface area contributed by atoms with E-state index in [9.17, 15) is 14.7 Å². The largest absolute Gasteiger partial charge is 0.508 e. The highest BCUT2D eigenvalue weighted by Crippen LogP contribution is 2.64. The lowest BCUT2D eigenvalue weighted by Crippen LogP contribution is -2.58. The summed E-state index contributed by atoms with van der Waals surface area (Å²) in [5.41, 5.74) is 4.50. The van der Waals surface area contributed by atoms with Crippen molar-refractivity contribution >= 4 is 46.0 Å². The van der Waals surface area contributed by atoms with Crippen LogP contribution in [0.25, 0.3) is 5.57 Å². The molecule has 4 aliphatic rings. The predicted molar refractivity (Wildman–Crippen MR) is 234 cm³/mol. The summed E-state index contributed by atoms with van der Waals surface area (Å²) in [5.74, 6) is -4.53. The van der Waals surface area contributed by atoms with E-state index in [4.69, 9.17) is 4.74 Å². The Bertz CT molecular complexity index is 2730. The Labute approximate surface area is 353 Å². The summed E-state index contributed by atoms with van der Waals surface area (Å²) in [6.45, 7) is 0.286.